The van der Waals surface area contributed by atoms with Crippen LogP contribution in [-0.2, 0) is 17.8 Å². The largest absolute Gasteiger partial charge is 0.333 e. The molecule has 0 aliphatic carbocycles. The van der Waals surface area contributed by atoms with Crippen LogP contribution in [0.5, 0.6) is 0 Å². The second-order valence-corrected chi connectivity index (χ2v) is 6.50. The fraction of sp³-hybridized carbons (Fsp3) is 0.267. The van der Waals surface area contributed by atoms with Crippen LogP contribution in [0, 0.1) is 6.92 Å². The lowest BCUT2D eigenvalue weighted by Gasteiger charge is -2.28. The molecule has 2 aromatic rings. The van der Waals surface area contributed by atoms with Gasteiger partial charge in [0.05, 0.1) is 11.2 Å². The summed E-state index contributed by atoms with van der Waals surface area (Å²) in [6.07, 6.45) is 2.19. The van der Waals surface area contributed by atoms with Gasteiger partial charge in [-0.05, 0) is 18.1 Å². The van der Waals surface area contributed by atoms with Gasteiger partial charge in [-0.3, -0.25) is 4.79 Å². The zero-order valence-electron chi connectivity index (χ0n) is 11.4. The summed E-state index contributed by atoms with van der Waals surface area (Å²) < 4.78 is 0. The highest BCUT2D eigenvalue weighted by Gasteiger charge is 2.48. The Hall–Kier alpha value is -2.21. The summed E-state index contributed by atoms with van der Waals surface area (Å²) in [6.45, 7) is 2.36. The molecule has 4 rings (SSSR count). The molecule has 106 valence electrons. The first-order valence-corrected chi connectivity index (χ1v) is 7.60. The molecule has 21 heavy (non-hydrogen) atoms. The summed E-state index contributed by atoms with van der Waals surface area (Å²) >= 11 is 1.37. The molecule has 1 aromatic carbocycles. The Morgan fingerprint density at radius 2 is 2.00 bits per heavy atom. The van der Waals surface area contributed by atoms with E-state index in [0.29, 0.717) is 18.0 Å². The number of carbonyl (C=O) groups excluding carboxylic acids is 2. The Balaban J connectivity index is 1.72. The molecule has 0 radical (unpaired) electrons. The summed E-state index contributed by atoms with van der Waals surface area (Å²) in [4.78, 5) is 32.3. The van der Waals surface area contributed by atoms with Crippen LogP contribution in [-0.4, -0.2) is 27.9 Å². The van der Waals surface area contributed by atoms with Gasteiger partial charge in [-0.1, -0.05) is 24.3 Å². The van der Waals surface area contributed by atoms with Crippen molar-refractivity contribution in [1.29, 1.82) is 0 Å². The van der Waals surface area contributed by atoms with E-state index in [-0.39, 0.29) is 18.0 Å². The minimum atomic E-state index is -0.380. The van der Waals surface area contributed by atoms with E-state index in [4.69, 9.17) is 0 Å². The van der Waals surface area contributed by atoms with Crippen LogP contribution in [0.2, 0.25) is 0 Å². The zero-order chi connectivity index (χ0) is 14.6. The highest BCUT2D eigenvalue weighted by molar-refractivity contribution is 7.16. The first-order chi connectivity index (χ1) is 10.1. The van der Waals surface area contributed by atoms with Crippen LogP contribution in [0.1, 0.15) is 16.1 Å². The van der Waals surface area contributed by atoms with Crippen molar-refractivity contribution in [2.75, 3.05) is 4.90 Å². The normalized spacial score (nSPS) is 20.7. The van der Waals surface area contributed by atoms with Crippen molar-refractivity contribution in [3.8, 4) is 0 Å². The Bertz CT molecular complexity index is 712. The van der Waals surface area contributed by atoms with Gasteiger partial charge in [-0.2, -0.15) is 0 Å². The van der Waals surface area contributed by atoms with Gasteiger partial charge in [-0.25, -0.2) is 14.7 Å². The van der Waals surface area contributed by atoms with Crippen LogP contribution in [0.15, 0.2) is 30.5 Å². The van der Waals surface area contributed by atoms with Crippen molar-refractivity contribution in [2.24, 2.45) is 0 Å². The maximum atomic E-state index is 12.6. The highest BCUT2D eigenvalue weighted by atomic mass is 32.1. The van der Waals surface area contributed by atoms with Crippen LogP contribution in [0.25, 0.3) is 0 Å². The molecule has 3 heterocycles. The van der Waals surface area contributed by atoms with E-state index in [0.717, 1.165) is 16.1 Å². The topological polar surface area (TPSA) is 53.5 Å². The lowest BCUT2D eigenvalue weighted by atomic mass is 9.95. The SMILES string of the molecule is Cc1ncc(N2C(=O)C3Cc4ccccc4CN3C2=O)s1. The van der Waals surface area contributed by atoms with Gasteiger partial charge in [-0.15, -0.1) is 11.3 Å². The summed E-state index contributed by atoms with van der Waals surface area (Å²) in [5, 5.41) is 1.46. The van der Waals surface area contributed by atoms with E-state index in [1.54, 1.807) is 11.1 Å². The third-order valence-corrected chi connectivity index (χ3v) is 4.92. The molecule has 1 atom stereocenters. The molecule has 0 N–H and O–H groups in total. The lowest BCUT2D eigenvalue weighted by Crippen LogP contribution is -2.39. The average Bonchev–Trinajstić information content (AvgIpc) is 3.00. The number of nitrogens with zero attached hydrogens (tertiary/aromatic N) is 3. The number of carbonyl (C=O) groups is 2. The monoisotopic (exact) mass is 299 g/mol. The third kappa shape index (κ3) is 1.79. The predicted molar refractivity (Wildman–Crippen MR) is 79.2 cm³/mol. The number of hydrogen-bond donors (Lipinski definition) is 0. The van der Waals surface area contributed by atoms with Crippen molar-refractivity contribution < 1.29 is 9.59 Å². The molecular weight excluding hydrogens is 286 g/mol. The summed E-state index contributed by atoms with van der Waals surface area (Å²) in [5.74, 6) is -0.141. The van der Waals surface area contributed by atoms with E-state index in [2.05, 4.69) is 4.98 Å². The van der Waals surface area contributed by atoms with Crippen molar-refractivity contribution in [1.82, 2.24) is 9.88 Å². The Kier molecular flexibility index (Phi) is 2.62. The van der Waals surface area contributed by atoms with Crippen LogP contribution in [0.4, 0.5) is 9.80 Å². The van der Waals surface area contributed by atoms with Crippen molar-refractivity contribution in [3.05, 3.63) is 46.6 Å². The minimum Gasteiger partial charge on any atom is -0.307 e. The van der Waals surface area contributed by atoms with Crippen LogP contribution >= 0.6 is 11.3 Å². The molecule has 0 spiro atoms. The van der Waals surface area contributed by atoms with Crippen LogP contribution in [0.3, 0.4) is 0 Å². The molecule has 1 aromatic heterocycles. The molecule has 0 bridgehead atoms. The van der Waals surface area contributed by atoms with E-state index in [1.807, 2.05) is 31.2 Å². The maximum Gasteiger partial charge on any atom is 0.333 e. The number of imide groups is 1. The number of benzene rings is 1. The third-order valence-electron chi connectivity index (χ3n) is 4.02. The summed E-state index contributed by atoms with van der Waals surface area (Å²) in [6, 6.07) is 7.37. The van der Waals surface area contributed by atoms with Gasteiger partial charge in [0.15, 0.2) is 0 Å². The van der Waals surface area contributed by atoms with E-state index < -0.39 is 0 Å². The van der Waals surface area contributed by atoms with Gasteiger partial charge >= 0.3 is 6.03 Å². The Morgan fingerprint density at radius 1 is 1.24 bits per heavy atom. The molecule has 1 fully saturated rings. The van der Waals surface area contributed by atoms with Gasteiger partial charge in [0.25, 0.3) is 5.91 Å². The minimum absolute atomic E-state index is 0.141. The van der Waals surface area contributed by atoms with E-state index >= 15 is 0 Å². The van der Waals surface area contributed by atoms with Gasteiger partial charge in [0, 0.05) is 13.0 Å². The lowest BCUT2D eigenvalue weighted by molar-refractivity contribution is -0.119. The molecule has 2 aliphatic heterocycles. The molecule has 1 unspecified atom stereocenters. The van der Waals surface area contributed by atoms with Gasteiger partial charge in [0.1, 0.15) is 11.0 Å². The first-order valence-electron chi connectivity index (χ1n) is 6.79. The standard InChI is InChI=1S/C15H13N3O2S/c1-9-16-7-13(21-9)18-14(19)12-6-10-4-2-3-5-11(10)8-17(12)15(18)20/h2-5,7,12H,6,8H2,1H3. The number of hydrogen-bond acceptors (Lipinski definition) is 4. The molecule has 3 amide bonds. The second-order valence-electron chi connectivity index (χ2n) is 5.29. The molecule has 2 aliphatic rings. The van der Waals surface area contributed by atoms with E-state index in [9.17, 15) is 9.59 Å². The molecule has 1 saturated heterocycles. The number of thiazole rings is 1. The van der Waals surface area contributed by atoms with Crippen molar-refractivity contribution in [2.45, 2.75) is 25.9 Å². The van der Waals surface area contributed by atoms with Crippen LogP contribution < -0.4 is 4.90 Å². The van der Waals surface area contributed by atoms with Gasteiger partial charge < -0.3 is 4.90 Å². The number of aryl methyl sites for hydroxylation is 1. The molecule has 5 nitrogen and oxygen atoms in total. The Morgan fingerprint density at radius 3 is 2.71 bits per heavy atom. The van der Waals surface area contributed by atoms with Crippen molar-refractivity contribution in [3.63, 3.8) is 0 Å². The smallest absolute Gasteiger partial charge is 0.307 e. The second kappa shape index (κ2) is 4.39. The molecule has 6 heteroatoms. The first kappa shape index (κ1) is 12.5. The Labute approximate surface area is 125 Å². The zero-order valence-corrected chi connectivity index (χ0v) is 12.3. The number of rotatable bonds is 1. The number of amides is 3. The number of anilines is 1. The summed E-state index contributed by atoms with van der Waals surface area (Å²) in [5.41, 5.74) is 2.28. The number of urea groups is 1. The van der Waals surface area contributed by atoms with E-state index in [1.165, 1.54) is 16.2 Å². The number of fused-ring (bicyclic) bond motifs is 2. The van der Waals surface area contributed by atoms with Crippen molar-refractivity contribution >= 4 is 28.3 Å². The van der Waals surface area contributed by atoms with Gasteiger partial charge in [0.2, 0.25) is 0 Å². The summed E-state index contributed by atoms with van der Waals surface area (Å²) in [7, 11) is 0. The quantitative estimate of drug-likeness (QED) is 0.760. The maximum absolute atomic E-state index is 12.6. The fourth-order valence-corrected chi connectivity index (χ4v) is 3.75. The average molecular weight is 299 g/mol. The fourth-order valence-electron chi connectivity index (χ4n) is 2.97. The highest BCUT2D eigenvalue weighted by Crippen LogP contribution is 2.34. The number of aromatic nitrogens is 1. The predicted octanol–water partition coefficient (Wildman–Crippen LogP) is 2.35. The molecular formula is C15H13N3O2S. The molecule has 0 saturated carbocycles.